The van der Waals surface area contributed by atoms with Crippen molar-refractivity contribution < 1.29 is 4.39 Å². The van der Waals surface area contributed by atoms with E-state index in [0.29, 0.717) is 22.0 Å². The van der Waals surface area contributed by atoms with Gasteiger partial charge in [0.2, 0.25) is 0 Å². The molecule has 6 heteroatoms. The minimum Gasteiger partial charge on any atom is -0.353 e. The largest absolute Gasteiger partial charge is 0.353 e. The Kier molecular flexibility index (Phi) is 3.62. The lowest BCUT2D eigenvalue weighted by atomic mass is 10.0. The van der Waals surface area contributed by atoms with Gasteiger partial charge in [-0.25, -0.2) is 4.39 Å². The van der Waals surface area contributed by atoms with E-state index < -0.39 is 0 Å². The Balaban J connectivity index is 2.15. The van der Waals surface area contributed by atoms with E-state index in [9.17, 15) is 9.18 Å². The maximum absolute atomic E-state index is 13.6. The zero-order valence-corrected chi connectivity index (χ0v) is 14.2. The maximum atomic E-state index is 13.6. The van der Waals surface area contributed by atoms with Crippen molar-refractivity contribution in [3.8, 4) is 11.1 Å². The smallest absolute Gasteiger partial charge is 0.267 e. The van der Waals surface area contributed by atoms with Crippen molar-refractivity contribution in [2.75, 3.05) is 6.26 Å². The minimum absolute atomic E-state index is 0.118. The number of pyridine rings is 1. The molecule has 3 nitrogen and oxygen atoms in total. The topological polar surface area (TPSA) is 48.6 Å². The Labute approximate surface area is 145 Å². The molecule has 24 heavy (non-hydrogen) atoms. The van der Waals surface area contributed by atoms with E-state index in [0.717, 1.165) is 16.0 Å². The van der Waals surface area contributed by atoms with Gasteiger partial charge in [0, 0.05) is 21.4 Å². The standard InChI is InChI=1S/C18H12ClFN2OS/c1-24-11-4-2-3-9(7-11)14-15(19)18(23)22-16-12-8-10(20)5-6-13(12)21-17(14)16/h2-8,21H,1H3,(H,22,23). The number of rotatable bonds is 2. The number of aromatic amines is 2. The molecule has 0 radical (unpaired) electrons. The molecule has 0 aliphatic carbocycles. The van der Waals surface area contributed by atoms with Crippen LogP contribution in [0.25, 0.3) is 33.1 Å². The highest BCUT2D eigenvalue weighted by molar-refractivity contribution is 7.98. The molecule has 0 aliphatic rings. The van der Waals surface area contributed by atoms with Gasteiger partial charge in [0.15, 0.2) is 0 Å². The Hall–Kier alpha value is -2.24. The van der Waals surface area contributed by atoms with Crippen LogP contribution in [0, 0.1) is 5.82 Å². The molecule has 0 amide bonds. The third kappa shape index (κ3) is 2.32. The van der Waals surface area contributed by atoms with Crippen molar-refractivity contribution in [3.63, 3.8) is 0 Å². The van der Waals surface area contributed by atoms with Gasteiger partial charge in [-0.15, -0.1) is 11.8 Å². The van der Waals surface area contributed by atoms with Crippen molar-refractivity contribution in [3.05, 3.63) is 63.7 Å². The number of halogens is 2. The zero-order valence-electron chi connectivity index (χ0n) is 12.6. The highest BCUT2D eigenvalue weighted by atomic mass is 35.5. The SMILES string of the molecule is CSc1cccc(-c2c(Cl)c(=O)[nH]c3c2[nH]c2ccc(F)cc23)c1. The molecule has 0 bridgehead atoms. The van der Waals surface area contributed by atoms with E-state index in [1.165, 1.54) is 12.1 Å². The van der Waals surface area contributed by atoms with Gasteiger partial charge in [-0.3, -0.25) is 4.79 Å². The van der Waals surface area contributed by atoms with Gasteiger partial charge in [0.1, 0.15) is 10.8 Å². The van der Waals surface area contributed by atoms with E-state index in [-0.39, 0.29) is 16.4 Å². The molecule has 2 heterocycles. The number of fused-ring (bicyclic) bond motifs is 3. The summed E-state index contributed by atoms with van der Waals surface area (Å²) in [5.41, 5.74) is 3.07. The summed E-state index contributed by atoms with van der Waals surface area (Å²) in [6, 6.07) is 12.2. The molecule has 0 saturated heterocycles. The first-order valence-corrected chi connectivity index (χ1v) is 8.86. The molecule has 0 fully saturated rings. The molecule has 120 valence electrons. The average Bonchev–Trinajstić information content (AvgIpc) is 2.93. The fourth-order valence-electron chi connectivity index (χ4n) is 2.92. The zero-order chi connectivity index (χ0) is 16.8. The average molecular weight is 359 g/mol. The summed E-state index contributed by atoms with van der Waals surface area (Å²) >= 11 is 7.93. The molecule has 0 unspecified atom stereocenters. The highest BCUT2D eigenvalue weighted by Crippen LogP contribution is 2.36. The molecule has 0 spiro atoms. The Morgan fingerprint density at radius 1 is 1.08 bits per heavy atom. The molecule has 4 aromatic rings. The van der Waals surface area contributed by atoms with Crippen molar-refractivity contribution in [2.24, 2.45) is 0 Å². The first-order chi connectivity index (χ1) is 11.6. The lowest BCUT2D eigenvalue weighted by Crippen LogP contribution is -2.07. The van der Waals surface area contributed by atoms with E-state index in [4.69, 9.17) is 11.6 Å². The predicted molar refractivity (Wildman–Crippen MR) is 98.6 cm³/mol. The van der Waals surface area contributed by atoms with E-state index in [2.05, 4.69) is 9.97 Å². The van der Waals surface area contributed by atoms with Crippen LogP contribution in [0.15, 0.2) is 52.2 Å². The van der Waals surface area contributed by atoms with Crippen molar-refractivity contribution in [1.82, 2.24) is 9.97 Å². The van der Waals surface area contributed by atoms with Crippen LogP contribution in [-0.2, 0) is 0 Å². The van der Waals surface area contributed by atoms with Crippen LogP contribution >= 0.6 is 23.4 Å². The van der Waals surface area contributed by atoms with Crippen molar-refractivity contribution >= 4 is 45.3 Å². The van der Waals surface area contributed by atoms with Crippen LogP contribution in [0.5, 0.6) is 0 Å². The summed E-state index contributed by atoms with van der Waals surface area (Å²) in [6.45, 7) is 0. The van der Waals surface area contributed by atoms with Gasteiger partial charge >= 0.3 is 0 Å². The number of benzene rings is 2. The summed E-state index contributed by atoms with van der Waals surface area (Å²) in [5.74, 6) is -0.356. The second kappa shape index (κ2) is 5.69. The number of hydrogen-bond donors (Lipinski definition) is 2. The quantitative estimate of drug-likeness (QED) is 0.484. The molecule has 2 N–H and O–H groups in total. The predicted octanol–water partition coefficient (Wildman–Crippen LogP) is 5.19. The molecule has 0 atom stereocenters. The van der Waals surface area contributed by atoms with Gasteiger partial charge in [-0.05, 0) is 42.2 Å². The molecular weight excluding hydrogens is 347 g/mol. The Bertz CT molecular complexity index is 1150. The fraction of sp³-hybridized carbons (Fsp3) is 0.0556. The van der Waals surface area contributed by atoms with Crippen LogP contribution in [-0.4, -0.2) is 16.2 Å². The highest BCUT2D eigenvalue weighted by Gasteiger charge is 2.17. The number of H-pyrrole nitrogens is 2. The van der Waals surface area contributed by atoms with Crippen LogP contribution in [0.4, 0.5) is 4.39 Å². The van der Waals surface area contributed by atoms with Crippen LogP contribution in [0.2, 0.25) is 5.02 Å². The first-order valence-electron chi connectivity index (χ1n) is 7.25. The molecule has 2 aromatic heterocycles. The lowest BCUT2D eigenvalue weighted by molar-refractivity contribution is 0.630. The molecule has 2 aromatic carbocycles. The Morgan fingerprint density at radius 3 is 2.71 bits per heavy atom. The number of hydrogen-bond acceptors (Lipinski definition) is 2. The van der Waals surface area contributed by atoms with Crippen LogP contribution < -0.4 is 5.56 Å². The third-order valence-electron chi connectivity index (χ3n) is 4.03. The third-order valence-corrected chi connectivity index (χ3v) is 5.11. The van der Waals surface area contributed by atoms with Gasteiger partial charge in [-0.1, -0.05) is 23.7 Å². The second-order valence-electron chi connectivity index (χ2n) is 5.44. The number of thioether (sulfide) groups is 1. The first kappa shape index (κ1) is 15.3. The number of aromatic nitrogens is 2. The lowest BCUT2D eigenvalue weighted by Gasteiger charge is -2.07. The van der Waals surface area contributed by atoms with Crippen LogP contribution in [0.3, 0.4) is 0 Å². The summed E-state index contributed by atoms with van der Waals surface area (Å²) in [4.78, 5) is 19.4. The normalized spacial score (nSPS) is 11.5. The fourth-order valence-corrected chi connectivity index (χ4v) is 3.63. The molecule has 4 rings (SSSR count). The molecule has 0 aliphatic heterocycles. The monoisotopic (exact) mass is 358 g/mol. The minimum atomic E-state index is -0.390. The number of nitrogens with one attached hydrogen (secondary N) is 2. The van der Waals surface area contributed by atoms with Crippen LogP contribution in [0.1, 0.15) is 0 Å². The summed E-state index contributed by atoms with van der Waals surface area (Å²) in [6.07, 6.45) is 1.99. The summed E-state index contributed by atoms with van der Waals surface area (Å²) in [7, 11) is 0. The summed E-state index contributed by atoms with van der Waals surface area (Å²) in [5, 5.41) is 0.744. The van der Waals surface area contributed by atoms with Crippen molar-refractivity contribution in [1.29, 1.82) is 0 Å². The second-order valence-corrected chi connectivity index (χ2v) is 6.70. The van der Waals surface area contributed by atoms with Gasteiger partial charge in [0.05, 0.1) is 11.0 Å². The van der Waals surface area contributed by atoms with Gasteiger partial charge in [-0.2, -0.15) is 0 Å². The van der Waals surface area contributed by atoms with E-state index in [1.54, 1.807) is 17.8 Å². The summed E-state index contributed by atoms with van der Waals surface area (Å²) < 4.78 is 13.6. The van der Waals surface area contributed by atoms with Gasteiger partial charge < -0.3 is 9.97 Å². The molecule has 0 saturated carbocycles. The van der Waals surface area contributed by atoms with E-state index in [1.807, 2.05) is 30.5 Å². The molecular formula is C18H12ClFN2OS. The van der Waals surface area contributed by atoms with Crippen molar-refractivity contribution in [2.45, 2.75) is 4.90 Å². The maximum Gasteiger partial charge on any atom is 0.267 e. The van der Waals surface area contributed by atoms with E-state index >= 15 is 0 Å². The van der Waals surface area contributed by atoms with Gasteiger partial charge in [0.25, 0.3) is 5.56 Å². The Morgan fingerprint density at radius 2 is 1.92 bits per heavy atom.